The number of rotatable bonds is 6. The third kappa shape index (κ3) is 4.27. The Morgan fingerprint density at radius 1 is 0.943 bits per heavy atom. The Kier molecular flexibility index (Phi) is 5.40. The first-order valence-corrected chi connectivity index (χ1v) is 14.1. The van der Waals surface area contributed by atoms with Gasteiger partial charge < -0.3 is 10.2 Å². The predicted molar refractivity (Wildman–Crippen MR) is 138 cm³/mol. The van der Waals surface area contributed by atoms with Crippen LogP contribution in [0.4, 0.5) is 10.2 Å². The third-order valence-corrected chi connectivity index (χ3v) is 10.7. The van der Waals surface area contributed by atoms with Gasteiger partial charge >= 0.3 is 0 Å². The van der Waals surface area contributed by atoms with Gasteiger partial charge in [-0.3, -0.25) is 0 Å². The van der Waals surface area contributed by atoms with E-state index in [2.05, 4.69) is 20.4 Å². The molecule has 4 bridgehead atoms. The molecule has 1 saturated heterocycles. The Hall–Kier alpha value is -1.72. The second-order valence-corrected chi connectivity index (χ2v) is 13.2. The van der Waals surface area contributed by atoms with Gasteiger partial charge in [-0.2, -0.15) is 0 Å². The van der Waals surface area contributed by atoms with Crippen molar-refractivity contribution in [2.24, 2.45) is 34.5 Å². The molecular weight excluding hydrogens is 459 g/mol. The minimum absolute atomic E-state index is 0.323. The van der Waals surface area contributed by atoms with Crippen LogP contribution in [0.1, 0.15) is 57.8 Å². The molecule has 6 aliphatic rings. The molecule has 1 aliphatic heterocycles. The second-order valence-electron chi connectivity index (χ2n) is 12.8. The van der Waals surface area contributed by atoms with Crippen molar-refractivity contribution in [1.29, 1.82) is 0 Å². The highest BCUT2D eigenvalue weighted by molar-refractivity contribution is 6.33. The van der Waals surface area contributed by atoms with Crippen molar-refractivity contribution in [2.75, 3.05) is 31.5 Å². The van der Waals surface area contributed by atoms with Gasteiger partial charge in [0.05, 0.1) is 10.7 Å². The van der Waals surface area contributed by atoms with E-state index in [4.69, 9.17) is 11.6 Å². The monoisotopic (exact) mass is 494 g/mol. The molecule has 0 amide bonds. The number of hydrogen-bond donors (Lipinski definition) is 1. The quantitative estimate of drug-likeness (QED) is 0.487. The molecule has 5 aliphatic carbocycles. The molecule has 1 aromatic carbocycles. The maximum absolute atomic E-state index is 13.6. The first-order valence-electron chi connectivity index (χ1n) is 13.7. The number of likely N-dealkylation sites (tertiary alicyclic amines) is 1. The molecule has 0 unspecified atom stereocenters. The van der Waals surface area contributed by atoms with Gasteiger partial charge in [0.2, 0.25) is 0 Å². The summed E-state index contributed by atoms with van der Waals surface area (Å²) < 4.78 is 13.6. The fourth-order valence-electron chi connectivity index (χ4n) is 8.94. The Labute approximate surface area is 213 Å². The maximum atomic E-state index is 13.6. The molecule has 0 radical (unpaired) electrons. The van der Waals surface area contributed by atoms with Crippen molar-refractivity contribution < 1.29 is 4.39 Å². The van der Waals surface area contributed by atoms with Crippen LogP contribution in [0.5, 0.6) is 0 Å². The molecule has 1 spiro atoms. The van der Waals surface area contributed by atoms with Crippen LogP contribution in [0.3, 0.4) is 0 Å². The zero-order chi connectivity index (χ0) is 23.6. The standard InChI is InChI=1S/C29H36ClFN4/c30-25-2-1-23(31)12-24(25)26-3-4-27(34-33-26)32-17-22-16-29(22)5-7-35(8-6-29)18-28-13-19-9-20(14-28)11-21(10-19)15-28/h1-4,12,19-22H,5-11,13-18H2,(H,32,34)/t19?,20?,21?,22-,28?/m0/s1. The number of hydrogen-bond acceptors (Lipinski definition) is 4. The van der Waals surface area contributed by atoms with Crippen molar-refractivity contribution in [3.63, 3.8) is 0 Å². The summed E-state index contributed by atoms with van der Waals surface area (Å²) in [4.78, 5) is 2.84. The number of anilines is 1. The van der Waals surface area contributed by atoms with Crippen molar-refractivity contribution in [2.45, 2.75) is 57.8 Å². The van der Waals surface area contributed by atoms with Crippen molar-refractivity contribution in [3.05, 3.63) is 41.2 Å². The largest absolute Gasteiger partial charge is 0.368 e. The van der Waals surface area contributed by atoms with E-state index in [1.165, 1.54) is 70.3 Å². The summed E-state index contributed by atoms with van der Waals surface area (Å²) in [5.74, 6) is 4.36. The van der Waals surface area contributed by atoms with Crippen LogP contribution in [-0.2, 0) is 0 Å². The van der Waals surface area contributed by atoms with Crippen LogP contribution in [0.25, 0.3) is 11.3 Å². The summed E-state index contributed by atoms with van der Waals surface area (Å²) >= 11 is 6.21. The zero-order valence-electron chi connectivity index (χ0n) is 20.5. The maximum Gasteiger partial charge on any atom is 0.148 e. The lowest BCUT2D eigenvalue weighted by Gasteiger charge is -2.58. The molecule has 8 rings (SSSR count). The van der Waals surface area contributed by atoms with Crippen molar-refractivity contribution in [1.82, 2.24) is 15.1 Å². The van der Waals surface area contributed by atoms with E-state index >= 15 is 0 Å². The Bertz CT molecular complexity index is 1060. The first-order chi connectivity index (χ1) is 17.0. The van der Waals surface area contributed by atoms with Crippen LogP contribution >= 0.6 is 11.6 Å². The fraction of sp³-hybridized carbons (Fsp3) is 0.655. The number of aromatic nitrogens is 2. The van der Waals surface area contributed by atoms with Gasteiger partial charge in [-0.05, 0) is 136 Å². The Balaban J connectivity index is 0.907. The SMILES string of the molecule is Fc1ccc(Cl)c(-c2ccc(NC[C@@H]3CC34CCN(CC35CC6CC(CC(C6)C3)C5)CC4)nn2)c1. The molecular formula is C29H36ClFN4. The molecule has 6 heteroatoms. The molecule has 1 aromatic heterocycles. The lowest BCUT2D eigenvalue weighted by Crippen LogP contribution is -2.52. The third-order valence-electron chi connectivity index (χ3n) is 10.3. The molecule has 5 saturated carbocycles. The summed E-state index contributed by atoms with van der Waals surface area (Å²) in [5, 5.41) is 12.6. The van der Waals surface area contributed by atoms with Crippen LogP contribution in [0.15, 0.2) is 30.3 Å². The van der Waals surface area contributed by atoms with E-state index < -0.39 is 0 Å². The van der Waals surface area contributed by atoms with E-state index in [1.54, 1.807) is 25.3 Å². The van der Waals surface area contributed by atoms with Crippen molar-refractivity contribution >= 4 is 17.4 Å². The first kappa shape index (κ1) is 22.5. The van der Waals surface area contributed by atoms with E-state index in [9.17, 15) is 4.39 Å². The van der Waals surface area contributed by atoms with Crippen molar-refractivity contribution in [3.8, 4) is 11.3 Å². The summed E-state index contributed by atoms with van der Waals surface area (Å²) in [6, 6.07) is 8.10. The molecule has 4 nitrogen and oxygen atoms in total. The van der Waals surface area contributed by atoms with Crippen LogP contribution in [0, 0.1) is 40.3 Å². The molecule has 35 heavy (non-hydrogen) atoms. The molecule has 1 atom stereocenters. The summed E-state index contributed by atoms with van der Waals surface area (Å²) in [5.41, 5.74) is 2.39. The Morgan fingerprint density at radius 2 is 1.66 bits per heavy atom. The van der Waals surface area contributed by atoms with Gasteiger partial charge in [0.15, 0.2) is 0 Å². The lowest BCUT2D eigenvalue weighted by atomic mass is 9.49. The predicted octanol–water partition coefficient (Wildman–Crippen LogP) is 6.67. The summed E-state index contributed by atoms with van der Waals surface area (Å²) in [7, 11) is 0. The molecule has 186 valence electrons. The zero-order valence-corrected chi connectivity index (χ0v) is 21.2. The van der Waals surface area contributed by atoms with Gasteiger partial charge in [-0.25, -0.2) is 4.39 Å². The minimum atomic E-state index is -0.323. The molecule has 2 aromatic rings. The van der Waals surface area contributed by atoms with E-state index in [0.717, 1.165) is 36.0 Å². The molecule has 6 fully saturated rings. The summed E-state index contributed by atoms with van der Waals surface area (Å²) in [6.45, 7) is 4.93. The topological polar surface area (TPSA) is 41.0 Å². The number of piperidine rings is 1. The fourth-order valence-corrected chi connectivity index (χ4v) is 9.15. The summed E-state index contributed by atoms with van der Waals surface area (Å²) in [6.07, 6.45) is 13.3. The van der Waals surface area contributed by atoms with Gasteiger partial charge in [0.25, 0.3) is 0 Å². The highest BCUT2D eigenvalue weighted by Crippen LogP contribution is 2.62. The van der Waals surface area contributed by atoms with Crippen LogP contribution in [0.2, 0.25) is 5.02 Å². The highest BCUT2D eigenvalue weighted by atomic mass is 35.5. The normalized spacial score (nSPS) is 34.9. The molecule has 1 N–H and O–H groups in total. The smallest absolute Gasteiger partial charge is 0.148 e. The van der Waals surface area contributed by atoms with E-state index in [0.29, 0.717) is 27.1 Å². The van der Waals surface area contributed by atoms with Crippen LogP contribution in [-0.4, -0.2) is 41.3 Å². The lowest BCUT2D eigenvalue weighted by molar-refractivity contribution is -0.0731. The van der Waals surface area contributed by atoms with Gasteiger partial charge in [-0.15, -0.1) is 10.2 Å². The number of benzene rings is 1. The minimum Gasteiger partial charge on any atom is -0.368 e. The van der Waals surface area contributed by atoms with Gasteiger partial charge in [-0.1, -0.05) is 11.6 Å². The molecule has 2 heterocycles. The van der Waals surface area contributed by atoms with E-state index in [1.807, 2.05) is 12.1 Å². The highest BCUT2D eigenvalue weighted by Gasteiger charge is 2.56. The van der Waals surface area contributed by atoms with E-state index in [-0.39, 0.29) is 5.82 Å². The van der Waals surface area contributed by atoms with Gasteiger partial charge in [0.1, 0.15) is 11.6 Å². The second kappa shape index (κ2) is 8.41. The van der Waals surface area contributed by atoms with Gasteiger partial charge in [0, 0.05) is 18.7 Å². The number of halogens is 2. The number of nitrogens with one attached hydrogen (secondary N) is 1. The average molecular weight is 495 g/mol. The van der Waals surface area contributed by atoms with Crippen LogP contribution < -0.4 is 5.32 Å². The average Bonchev–Trinajstić information content (AvgIpc) is 3.52. The Morgan fingerprint density at radius 3 is 2.31 bits per heavy atom. The number of nitrogens with zero attached hydrogens (tertiary/aromatic N) is 3.